The van der Waals surface area contributed by atoms with Crippen LogP contribution in [-0.4, -0.2) is 30.7 Å². The van der Waals surface area contributed by atoms with E-state index in [1.165, 1.54) is 0 Å². The van der Waals surface area contributed by atoms with Crippen LogP contribution in [0.3, 0.4) is 0 Å². The molecule has 0 spiro atoms. The summed E-state index contributed by atoms with van der Waals surface area (Å²) in [7, 11) is 0. The number of carbonyl (C=O) groups is 1. The maximum absolute atomic E-state index is 11.8. The number of halogens is 1. The number of ether oxygens (including phenoxy) is 1. The first-order chi connectivity index (χ1) is 6.77. The predicted molar refractivity (Wildman–Crippen MR) is 56.0 cm³/mol. The molecule has 1 heterocycles. The highest BCUT2D eigenvalue weighted by Gasteiger charge is 2.19. The molecule has 1 aromatic rings. The lowest BCUT2D eigenvalue weighted by Crippen LogP contribution is -2.28. The maximum atomic E-state index is 11.8. The molecule has 1 saturated heterocycles. The minimum atomic E-state index is 0.0370. The molecule has 0 unspecified atom stereocenters. The number of hydrogen-bond acceptors (Lipinski definition) is 2. The summed E-state index contributed by atoms with van der Waals surface area (Å²) in [6, 6.07) is 7.35. The van der Waals surface area contributed by atoms with Gasteiger partial charge in [0.05, 0.1) is 6.61 Å². The van der Waals surface area contributed by atoms with E-state index < -0.39 is 0 Å². The average Bonchev–Trinajstić information content (AvgIpc) is 2.71. The SMILES string of the molecule is O=C(c1ccc(Br)cc1)N1CCOC1. The lowest BCUT2D eigenvalue weighted by Gasteiger charge is -2.12. The van der Waals surface area contributed by atoms with Crippen molar-refractivity contribution >= 4 is 21.8 Å². The number of carbonyl (C=O) groups excluding carboxylic acids is 1. The minimum absolute atomic E-state index is 0.0370. The first kappa shape index (κ1) is 9.68. The molecule has 3 nitrogen and oxygen atoms in total. The van der Waals surface area contributed by atoms with E-state index in [0.717, 1.165) is 4.47 Å². The van der Waals surface area contributed by atoms with Crippen molar-refractivity contribution in [2.45, 2.75) is 0 Å². The Hall–Kier alpha value is -0.870. The third-order valence-electron chi connectivity index (χ3n) is 2.13. The zero-order valence-corrected chi connectivity index (χ0v) is 9.16. The first-order valence-electron chi connectivity index (χ1n) is 4.40. The third kappa shape index (κ3) is 1.96. The Morgan fingerprint density at radius 3 is 2.64 bits per heavy atom. The van der Waals surface area contributed by atoms with E-state index in [2.05, 4.69) is 15.9 Å². The molecule has 1 fully saturated rings. The molecule has 2 rings (SSSR count). The third-order valence-corrected chi connectivity index (χ3v) is 2.66. The fourth-order valence-electron chi connectivity index (χ4n) is 1.35. The van der Waals surface area contributed by atoms with Crippen molar-refractivity contribution in [3.8, 4) is 0 Å². The molecule has 74 valence electrons. The lowest BCUT2D eigenvalue weighted by atomic mass is 10.2. The zero-order chi connectivity index (χ0) is 9.97. The van der Waals surface area contributed by atoms with Gasteiger partial charge in [0.25, 0.3) is 5.91 Å². The maximum Gasteiger partial charge on any atom is 0.255 e. The Labute approximate surface area is 90.8 Å². The van der Waals surface area contributed by atoms with Gasteiger partial charge in [-0.05, 0) is 24.3 Å². The fraction of sp³-hybridized carbons (Fsp3) is 0.300. The van der Waals surface area contributed by atoms with Crippen molar-refractivity contribution in [2.24, 2.45) is 0 Å². The van der Waals surface area contributed by atoms with Crippen LogP contribution in [-0.2, 0) is 4.74 Å². The number of rotatable bonds is 1. The molecular weight excluding hydrogens is 246 g/mol. The van der Waals surface area contributed by atoms with Crippen LogP contribution in [0.15, 0.2) is 28.7 Å². The van der Waals surface area contributed by atoms with Crippen LogP contribution in [0.5, 0.6) is 0 Å². The Bertz CT molecular complexity index is 330. The van der Waals surface area contributed by atoms with Gasteiger partial charge in [-0.1, -0.05) is 15.9 Å². The van der Waals surface area contributed by atoms with Gasteiger partial charge in [-0.25, -0.2) is 0 Å². The van der Waals surface area contributed by atoms with E-state index in [-0.39, 0.29) is 5.91 Å². The fourth-order valence-corrected chi connectivity index (χ4v) is 1.61. The van der Waals surface area contributed by atoms with Gasteiger partial charge in [-0.2, -0.15) is 0 Å². The van der Waals surface area contributed by atoms with Crippen LogP contribution in [0, 0.1) is 0 Å². The summed E-state index contributed by atoms with van der Waals surface area (Å²) in [5.74, 6) is 0.0370. The van der Waals surface area contributed by atoms with E-state index in [9.17, 15) is 4.79 Å². The van der Waals surface area contributed by atoms with Crippen LogP contribution in [0.4, 0.5) is 0 Å². The van der Waals surface area contributed by atoms with E-state index >= 15 is 0 Å². The molecular formula is C10H10BrNO2. The highest BCUT2D eigenvalue weighted by molar-refractivity contribution is 9.10. The van der Waals surface area contributed by atoms with Crippen LogP contribution >= 0.6 is 15.9 Å². The molecule has 14 heavy (non-hydrogen) atoms. The van der Waals surface area contributed by atoms with Gasteiger partial charge in [0.1, 0.15) is 6.73 Å². The molecule has 0 aliphatic carbocycles. The number of nitrogens with zero attached hydrogens (tertiary/aromatic N) is 1. The summed E-state index contributed by atoms with van der Waals surface area (Å²) in [4.78, 5) is 13.5. The van der Waals surface area contributed by atoms with Crippen LogP contribution < -0.4 is 0 Å². The van der Waals surface area contributed by atoms with Crippen molar-refractivity contribution < 1.29 is 9.53 Å². The van der Waals surface area contributed by atoms with Crippen LogP contribution in [0.2, 0.25) is 0 Å². The Morgan fingerprint density at radius 1 is 1.36 bits per heavy atom. The van der Waals surface area contributed by atoms with Gasteiger partial charge < -0.3 is 9.64 Å². The summed E-state index contributed by atoms with van der Waals surface area (Å²) < 4.78 is 6.10. The Kier molecular flexibility index (Phi) is 2.84. The predicted octanol–water partition coefficient (Wildman–Crippen LogP) is 1.88. The van der Waals surface area contributed by atoms with Crippen molar-refractivity contribution in [1.82, 2.24) is 4.90 Å². The summed E-state index contributed by atoms with van der Waals surface area (Å²) >= 11 is 3.33. The Morgan fingerprint density at radius 2 is 2.07 bits per heavy atom. The molecule has 0 N–H and O–H groups in total. The average molecular weight is 256 g/mol. The van der Waals surface area contributed by atoms with Crippen molar-refractivity contribution in [3.63, 3.8) is 0 Å². The van der Waals surface area contributed by atoms with Gasteiger partial charge in [0.15, 0.2) is 0 Å². The van der Waals surface area contributed by atoms with E-state index in [1.807, 2.05) is 24.3 Å². The van der Waals surface area contributed by atoms with Gasteiger partial charge in [-0.3, -0.25) is 4.79 Å². The molecule has 4 heteroatoms. The highest BCUT2D eigenvalue weighted by Crippen LogP contribution is 2.13. The molecule has 0 aromatic heterocycles. The van der Waals surface area contributed by atoms with Crippen molar-refractivity contribution in [2.75, 3.05) is 19.9 Å². The summed E-state index contributed by atoms with van der Waals surface area (Å²) in [5, 5.41) is 0. The normalized spacial score (nSPS) is 15.9. The monoisotopic (exact) mass is 255 g/mol. The molecule has 1 amide bonds. The molecule has 0 radical (unpaired) electrons. The zero-order valence-electron chi connectivity index (χ0n) is 7.57. The standard InChI is InChI=1S/C10H10BrNO2/c11-9-3-1-8(2-4-9)10(13)12-5-6-14-7-12/h1-4H,5-7H2. The molecule has 1 aromatic carbocycles. The second-order valence-electron chi connectivity index (χ2n) is 3.11. The van der Waals surface area contributed by atoms with Gasteiger partial charge >= 0.3 is 0 Å². The Balaban J connectivity index is 2.14. The lowest BCUT2D eigenvalue weighted by molar-refractivity contribution is 0.0695. The van der Waals surface area contributed by atoms with Crippen molar-refractivity contribution in [1.29, 1.82) is 0 Å². The van der Waals surface area contributed by atoms with E-state index in [4.69, 9.17) is 4.74 Å². The smallest absolute Gasteiger partial charge is 0.255 e. The summed E-state index contributed by atoms with van der Waals surface area (Å²) in [6.45, 7) is 1.74. The van der Waals surface area contributed by atoms with E-state index in [0.29, 0.717) is 25.4 Å². The number of amides is 1. The first-order valence-corrected chi connectivity index (χ1v) is 5.19. The molecule has 1 aliphatic heterocycles. The van der Waals surface area contributed by atoms with Crippen molar-refractivity contribution in [3.05, 3.63) is 34.3 Å². The molecule has 0 bridgehead atoms. The van der Waals surface area contributed by atoms with Crippen LogP contribution in [0.1, 0.15) is 10.4 Å². The topological polar surface area (TPSA) is 29.5 Å². The minimum Gasteiger partial charge on any atom is -0.359 e. The second-order valence-corrected chi connectivity index (χ2v) is 4.03. The molecule has 0 atom stereocenters. The second kappa shape index (κ2) is 4.11. The molecule has 0 saturated carbocycles. The van der Waals surface area contributed by atoms with Gasteiger partial charge in [0.2, 0.25) is 0 Å². The summed E-state index contributed by atoms with van der Waals surface area (Å²) in [6.07, 6.45) is 0. The van der Waals surface area contributed by atoms with Gasteiger partial charge in [0, 0.05) is 16.6 Å². The largest absolute Gasteiger partial charge is 0.359 e. The molecule has 1 aliphatic rings. The number of benzene rings is 1. The van der Waals surface area contributed by atoms with Crippen LogP contribution in [0.25, 0.3) is 0 Å². The number of hydrogen-bond donors (Lipinski definition) is 0. The van der Waals surface area contributed by atoms with Gasteiger partial charge in [-0.15, -0.1) is 0 Å². The van der Waals surface area contributed by atoms with E-state index in [1.54, 1.807) is 4.90 Å². The summed E-state index contributed by atoms with van der Waals surface area (Å²) in [5.41, 5.74) is 0.707. The highest BCUT2D eigenvalue weighted by atomic mass is 79.9. The quantitative estimate of drug-likeness (QED) is 0.767.